The van der Waals surface area contributed by atoms with E-state index >= 15 is 0 Å². The third-order valence-corrected chi connectivity index (χ3v) is 6.32. The van der Waals surface area contributed by atoms with Crippen LogP contribution in [0.5, 0.6) is 11.6 Å². The Morgan fingerprint density at radius 2 is 1.76 bits per heavy atom. The smallest absolute Gasteiger partial charge is 0.427 e. The molecule has 188 valence electrons. The Morgan fingerprint density at radius 3 is 2.29 bits per heavy atom. The average molecular weight is 548 g/mol. The number of hydrogen-bond donors (Lipinski definition) is 1. The molecule has 2 aromatic rings. The fraction of sp³-hybridized carbons (Fsp3) is 0.368. The fourth-order valence-electron chi connectivity index (χ4n) is 2.16. The lowest BCUT2D eigenvalue weighted by atomic mass is 10.1. The van der Waals surface area contributed by atoms with Crippen molar-refractivity contribution in [2.45, 2.75) is 32.2 Å². The number of aromatic nitrogens is 1. The summed E-state index contributed by atoms with van der Waals surface area (Å²) in [5, 5.41) is -0.374. The second-order valence-electron chi connectivity index (χ2n) is 7.50. The van der Waals surface area contributed by atoms with E-state index in [1.165, 1.54) is 14.1 Å². The van der Waals surface area contributed by atoms with Crippen LogP contribution in [0.1, 0.15) is 29.8 Å². The molecule has 0 saturated carbocycles. The number of hydrogen-bond acceptors (Lipinski definition) is 6. The predicted molar refractivity (Wildman–Crippen MR) is 116 cm³/mol. The van der Waals surface area contributed by atoms with Crippen molar-refractivity contribution in [3.8, 4) is 11.6 Å². The van der Waals surface area contributed by atoms with Crippen LogP contribution in [0, 0.1) is 5.82 Å². The van der Waals surface area contributed by atoms with Crippen molar-refractivity contribution < 1.29 is 40.2 Å². The molecule has 1 heterocycles. The summed E-state index contributed by atoms with van der Waals surface area (Å²) in [4.78, 5) is 15.8. The highest BCUT2D eigenvalue weighted by Gasteiger charge is 2.50. The van der Waals surface area contributed by atoms with Gasteiger partial charge in [0.1, 0.15) is 23.2 Å². The van der Waals surface area contributed by atoms with E-state index in [1.807, 2.05) is 0 Å². The summed E-state index contributed by atoms with van der Waals surface area (Å²) in [6.45, 7) is 1.29. The maximum absolute atomic E-state index is 14.4. The third kappa shape index (κ3) is 6.62. The minimum atomic E-state index is -4.67. The zero-order valence-corrected chi connectivity index (χ0v) is 20.5. The van der Waals surface area contributed by atoms with Gasteiger partial charge in [-0.2, -0.15) is 25.9 Å². The highest BCUT2D eigenvalue weighted by Crippen LogP contribution is 2.36. The van der Waals surface area contributed by atoms with Crippen molar-refractivity contribution in [1.82, 2.24) is 14.0 Å². The summed E-state index contributed by atoms with van der Waals surface area (Å²) in [5.41, 5.74) is -3.07. The molecule has 15 heteroatoms. The van der Waals surface area contributed by atoms with Gasteiger partial charge in [-0.25, -0.2) is 14.1 Å². The molecule has 0 radical (unpaired) electrons. The molecular formula is C19H19Cl2F4N3O5S. The molecule has 2 rings (SSSR count). The molecule has 0 unspecified atom stereocenters. The first-order valence-corrected chi connectivity index (χ1v) is 11.4. The maximum atomic E-state index is 14.4. The lowest BCUT2D eigenvalue weighted by molar-refractivity contribution is -0.235. The van der Waals surface area contributed by atoms with Crippen LogP contribution >= 0.6 is 23.2 Å². The molecule has 1 N–H and O–H groups in total. The number of nitrogens with zero attached hydrogens (tertiary/aromatic N) is 2. The monoisotopic (exact) mass is 547 g/mol. The van der Waals surface area contributed by atoms with Gasteiger partial charge in [0.15, 0.2) is 5.60 Å². The number of carbonyl (C=O) groups excluding carboxylic acids is 1. The molecule has 34 heavy (non-hydrogen) atoms. The molecule has 0 fully saturated rings. The molecular weight excluding hydrogens is 529 g/mol. The van der Waals surface area contributed by atoms with Crippen LogP contribution in [0.2, 0.25) is 10.0 Å². The molecule has 1 aromatic carbocycles. The van der Waals surface area contributed by atoms with Gasteiger partial charge >= 0.3 is 16.4 Å². The molecule has 1 amide bonds. The van der Waals surface area contributed by atoms with Crippen molar-refractivity contribution >= 4 is 39.3 Å². The van der Waals surface area contributed by atoms with E-state index < -0.39 is 45.2 Å². The number of alkyl halides is 3. The lowest BCUT2D eigenvalue weighted by Crippen LogP contribution is -2.44. The van der Waals surface area contributed by atoms with Gasteiger partial charge in [0.05, 0.1) is 11.8 Å². The summed E-state index contributed by atoms with van der Waals surface area (Å²) < 4.78 is 89.5. The number of rotatable bonds is 8. The van der Waals surface area contributed by atoms with Gasteiger partial charge in [0.2, 0.25) is 5.88 Å². The first kappa shape index (κ1) is 27.9. The number of amides is 1. The van der Waals surface area contributed by atoms with Crippen LogP contribution in [-0.4, -0.2) is 49.5 Å². The van der Waals surface area contributed by atoms with Gasteiger partial charge in [0.25, 0.3) is 5.91 Å². The minimum absolute atomic E-state index is 0.0116. The largest absolute Gasteiger partial charge is 0.487 e. The molecule has 0 aliphatic heterocycles. The number of benzene rings is 1. The van der Waals surface area contributed by atoms with E-state index in [2.05, 4.69) is 4.98 Å². The van der Waals surface area contributed by atoms with E-state index in [0.29, 0.717) is 0 Å². The number of carbonyl (C=O) groups is 1. The van der Waals surface area contributed by atoms with Crippen molar-refractivity contribution in [3.63, 3.8) is 0 Å². The van der Waals surface area contributed by atoms with Crippen LogP contribution in [0.15, 0.2) is 24.4 Å². The SMILES string of the molecule is CN(C)S(=O)(=O)NC(=O)c1cc(Cl)c(COc2cnc(OC(C)(C)C(F)(F)F)c(Cl)c2)cc1F. The average Bonchev–Trinajstić information content (AvgIpc) is 2.68. The van der Waals surface area contributed by atoms with Crippen molar-refractivity contribution in [2.75, 3.05) is 14.1 Å². The normalized spacial score (nSPS) is 12.6. The highest BCUT2D eigenvalue weighted by molar-refractivity contribution is 7.87. The third-order valence-electron chi connectivity index (χ3n) is 4.29. The van der Waals surface area contributed by atoms with E-state index in [1.54, 1.807) is 4.72 Å². The quantitative estimate of drug-likeness (QED) is 0.493. The van der Waals surface area contributed by atoms with Crippen LogP contribution < -0.4 is 14.2 Å². The molecule has 0 aliphatic rings. The Kier molecular flexibility index (Phi) is 8.29. The molecule has 1 aromatic heterocycles. The topological polar surface area (TPSA) is 97.8 Å². The van der Waals surface area contributed by atoms with Gasteiger partial charge in [0, 0.05) is 30.7 Å². The maximum Gasteiger partial charge on any atom is 0.427 e. The first-order valence-electron chi connectivity index (χ1n) is 9.21. The fourth-order valence-corrected chi connectivity index (χ4v) is 3.10. The number of halogens is 6. The molecule has 0 bridgehead atoms. The van der Waals surface area contributed by atoms with Crippen LogP contribution in [0.3, 0.4) is 0 Å². The first-order chi connectivity index (χ1) is 15.4. The van der Waals surface area contributed by atoms with Crippen molar-refractivity contribution in [3.05, 3.63) is 51.4 Å². The predicted octanol–water partition coefficient (Wildman–Crippen LogP) is 4.36. The van der Waals surface area contributed by atoms with Gasteiger partial charge in [-0.15, -0.1) is 0 Å². The Bertz CT molecular complexity index is 1190. The Morgan fingerprint density at radius 1 is 1.15 bits per heavy atom. The Balaban J connectivity index is 2.15. The van der Waals surface area contributed by atoms with E-state index in [4.69, 9.17) is 32.7 Å². The number of nitrogens with one attached hydrogen (secondary N) is 1. The molecule has 0 spiro atoms. The van der Waals surface area contributed by atoms with Crippen LogP contribution in [0.25, 0.3) is 0 Å². The summed E-state index contributed by atoms with van der Waals surface area (Å²) >= 11 is 12.0. The Hall–Kier alpha value is -2.35. The second kappa shape index (κ2) is 10.1. The van der Waals surface area contributed by atoms with Gasteiger partial charge < -0.3 is 9.47 Å². The van der Waals surface area contributed by atoms with Crippen molar-refractivity contribution in [1.29, 1.82) is 0 Å². The van der Waals surface area contributed by atoms with E-state index in [9.17, 15) is 30.8 Å². The summed E-state index contributed by atoms with van der Waals surface area (Å²) in [5.74, 6) is -2.75. The standard InChI is InChI=1S/C19H19Cl2F4N3O5S/c1-18(2,19(23,24)25)33-17-14(21)6-11(8-26-17)32-9-10-5-15(22)12(7-13(10)20)16(29)27-34(30,31)28(3)4/h5-8H,9H2,1-4H3,(H,27,29). The summed E-state index contributed by atoms with van der Waals surface area (Å²) in [6, 6.07) is 2.95. The lowest BCUT2D eigenvalue weighted by Gasteiger charge is -2.28. The van der Waals surface area contributed by atoms with E-state index in [-0.39, 0.29) is 28.0 Å². The van der Waals surface area contributed by atoms with Gasteiger partial charge in [-0.1, -0.05) is 23.2 Å². The summed E-state index contributed by atoms with van der Waals surface area (Å²) in [7, 11) is -1.80. The van der Waals surface area contributed by atoms with Crippen LogP contribution in [-0.2, 0) is 16.8 Å². The van der Waals surface area contributed by atoms with E-state index in [0.717, 1.165) is 42.5 Å². The molecule has 8 nitrogen and oxygen atoms in total. The molecule has 0 saturated heterocycles. The van der Waals surface area contributed by atoms with Gasteiger partial charge in [-0.05, 0) is 26.0 Å². The number of pyridine rings is 1. The summed E-state index contributed by atoms with van der Waals surface area (Å²) in [6.07, 6.45) is -3.63. The second-order valence-corrected chi connectivity index (χ2v) is 10.2. The molecule has 0 aliphatic carbocycles. The number of ether oxygens (including phenoxy) is 2. The molecule has 0 atom stereocenters. The van der Waals surface area contributed by atoms with Gasteiger partial charge in [-0.3, -0.25) is 4.79 Å². The Labute approximate surface area is 202 Å². The zero-order chi connectivity index (χ0) is 26.1. The zero-order valence-electron chi connectivity index (χ0n) is 18.1. The highest BCUT2D eigenvalue weighted by atomic mass is 35.5. The van der Waals surface area contributed by atoms with Crippen LogP contribution in [0.4, 0.5) is 17.6 Å². The van der Waals surface area contributed by atoms with Crippen molar-refractivity contribution in [2.24, 2.45) is 0 Å². The minimum Gasteiger partial charge on any atom is -0.487 e.